The normalized spacial score (nSPS) is 10.4. The van der Waals surface area contributed by atoms with Crippen LogP contribution in [0.2, 0.25) is 5.02 Å². The summed E-state index contributed by atoms with van der Waals surface area (Å²) in [6, 6.07) is 5.50. The Morgan fingerprint density at radius 2 is 2.04 bits per heavy atom. The van der Waals surface area contributed by atoms with E-state index >= 15 is 0 Å². The maximum atomic E-state index is 12.4. The van der Waals surface area contributed by atoms with Crippen molar-refractivity contribution in [3.63, 3.8) is 0 Å². The van der Waals surface area contributed by atoms with Crippen molar-refractivity contribution in [2.45, 2.75) is 6.92 Å². The molecule has 0 saturated heterocycles. The third-order valence-corrected chi connectivity index (χ3v) is 3.48. The zero-order valence-corrected chi connectivity index (χ0v) is 13.4. The van der Waals surface area contributed by atoms with E-state index in [1.54, 1.807) is 11.9 Å². The van der Waals surface area contributed by atoms with E-state index in [9.17, 15) is 14.9 Å². The number of anilines is 1. The van der Waals surface area contributed by atoms with Crippen molar-refractivity contribution in [1.29, 1.82) is 0 Å². The molecular weight excluding hydrogens is 320 g/mol. The van der Waals surface area contributed by atoms with E-state index in [-0.39, 0.29) is 10.7 Å². The monoisotopic (exact) mass is 334 g/mol. The number of nitrogens with zero attached hydrogens (tertiary/aromatic N) is 4. The molecule has 1 aromatic heterocycles. The van der Waals surface area contributed by atoms with E-state index in [0.29, 0.717) is 17.9 Å². The smallest absolute Gasteiger partial charge is 0.292 e. The Kier molecular flexibility index (Phi) is 4.80. The fourth-order valence-corrected chi connectivity index (χ4v) is 2.35. The summed E-state index contributed by atoms with van der Waals surface area (Å²) in [6.07, 6.45) is 1.48. The van der Waals surface area contributed by atoms with Gasteiger partial charge in [0.15, 0.2) is 0 Å². The first-order valence-electron chi connectivity index (χ1n) is 6.69. The first-order valence-corrected chi connectivity index (χ1v) is 7.07. The van der Waals surface area contributed by atoms with Gasteiger partial charge in [0.1, 0.15) is 5.02 Å². The van der Waals surface area contributed by atoms with Crippen LogP contribution in [0.1, 0.15) is 6.92 Å². The van der Waals surface area contributed by atoms with Gasteiger partial charge in [-0.1, -0.05) is 23.8 Å². The average Bonchev–Trinajstić information content (AvgIpc) is 2.49. The van der Waals surface area contributed by atoms with Gasteiger partial charge in [-0.05, 0) is 19.1 Å². The molecule has 2 rings (SSSR count). The van der Waals surface area contributed by atoms with Crippen molar-refractivity contribution in [3.05, 3.63) is 68.1 Å². The van der Waals surface area contributed by atoms with E-state index in [0.717, 1.165) is 10.3 Å². The minimum absolute atomic E-state index is 0.0297. The van der Waals surface area contributed by atoms with Gasteiger partial charge in [0.25, 0.3) is 11.2 Å². The summed E-state index contributed by atoms with van der Waals surface area (Å²) in [6.45, 7) is 6.23. The molecule has 0 aliphatic rings. The number of halogens is 1. The molecule has 1 aromatic carbocycles. The zero-order valence-electron chi connectivity index (χ0n) is 12.7. The maximum Gasteiger partial charge on any atom is 0.292 e. The number of hydrogen-bond acceptors (Lipinski definition) is 5. The SMILES string of the molecule is C=C(C)CN(C)c1cnn(-c2ccc([N+](=O)[O-])cc2)c(=O)c1Cl. The van der Waals surface area contributed by atoms with Crippen molar-refractivity contribution in [1.82, 2.24) is 9.78 Å². The van der Waals surface area contributed by atoms with Gasteiger partial charge >= 0.3 is 0 Å². The van der Waals surface area contributed by atoms with Gasteiger partial charge in [-0.15, -0.1) is 0 Å². The van der Waals surface area contributed by atoms with Gasteiger partial charge in [-0.3, -0.25) is 14.9 Å². The van der Waals surface area contributed by atoms with Crippen LogP contribution in [0.15, 0.2) is 47.4 Å². The summed E-state index contributed by atoms with van der Waals surface area (Å²) < 4.78 is 1.10. The molecule has 0 atom stereocenters. The first-order chi connectivity index (χ1) is 10.8. The number of hydrogen-bond donors (Lipinski definition) is 0. The van der Waals surface area contributed by atoms with Gasteiger partial charge in [0.05, 0.1) is 22.5 Å². The van der Waals surface area contributed by atoms with Crippen molar-refractivity contribution < 1.29 is 4.92 Å². The molecule has 0 radical (unpaired) electrons. The van der Waals surface area contributed by atoms with Gasteiger partial charge in [0.2, 0.25) is 0 Å². The molecule has 0 saturated carbocycles. The number of non-ortho nitro benzene ring substituents is 1. The topological polar surface area (TPSA) is 81.3 Å². The molecule has 0 bridgehead atoms. The van der Waals surface area contributed by atoms with Gasteiger partial charge in [-0.25, -0.2) is 0 Å². The van der Waals surface area contributed by atoms with Crippen LogP contribution in [-0.2, 0) is 0 Å². The Morgan fingerprint density at radius 1 is 1.43 bits per heavy atom. The minimum atomic E-state index is -0.511. The van der Waals surface area contributed by atoms with Crippen molar-refractivity contribution in [3.8, 4) is 5.69 Å². The molecule has 0 N–H and O–H groups in total. The standard InChI is InChI=1S/C15H15ClN4O3/c1-10(2)9-18(3)13-8-17-19(15(21)14(13)16)11-4-6-12(7-5-11)20(22)23/h4-8H,1,9H2,2-3H3. The molecule has 120 valence electrons. The average molecular weight is 335 g/mol. The summed E-state index contributed by atoms with van der Waals surface area (Å²) in [5.74, 6) is 0. The lowest BCUT2D eigenvalue weighted by Crippen LogP contribution is -2.27. The lowest BCUT2D eigenvalue weighted by molar-refractivity contribution is -0.384. The third-order valence-electron chi connectivity index (χ3n) is 3.12. The van der Waals surface area contributed by atoms with E-state index in [1.807, 2.05) is 6.92 Å². The number of rotatable bonds is 5. The van der Waals surface area contributed by atoms with Crippen LogP contribution in [0.4, 0.5) is 11.4 Å². The third kappa shape index (κ3) is 3.57. The highest BCUT2D eigenvalue weighted by Crippen LogP contribution is 2.21. The number of likely N-dealkylation sites (N-methyl/N-ethyl adjacent to an activating group) is 1. The van der Waals surface area contributed by atoms with E-state index in [1.165, 1.54) is 30.5 Å². The van der Waals surface area contributed by atoms with Gasteiger partial charge in [-0.2, -0.15) is 9.78 Å². The molecule has 8 heteroatoms. The van der Waals surface area contributed by atoms with Crippen molar-refractivity contribution in [2.24, 2.45) is 0 Å². The Hall–Kier alpha value is -2.67. The summed E-state index contributed by atoms with van der Waals surface area (Å²) in [7, 11) is 1.78. The van der Waals surface area contributed by atoms with E-state index < -0.39 is 10.5 Å². The van der Waals surface area contributed by atoms with Crippen molar-refractivity contribution >= 4 is 23.0 Å². The molecular formula is C15H15ClN4O3. The van der Waals surface area contributed by atoms with E-state index in [4.69, 9.17) is 11.6 Å². The number of nitro benzene ring substituents is 1. The molecule has 7 nitrogen and oxygen atoms in total. The summed E-state index contributed by atoms with van der Waals surface area (Å²) in [5, 5.41) is 14.8. The molecule has 0 unspecified atom stereocenters. The summed E-state index contributed by atoms with van der Waals surface area (Å²) in [4.78, 5) is 24.3. The number of aromatic nitrogens is 2. The Bertz CT molecular complexity index is 814. The second-order valence-electron chi connectivity index (χ2n) is 5.15. The lowest BCUT2D eigenvalue weighted by atomic mass is 10.3. The first kappa shape index (κ1) is 16.7. The molecule has 0 fully saturated rings. The van der Waals surface area contributed by atoms with Crippen LogP contribution in [-0.4, -0.2) is 28.3 Å². The van der Waals surface area contributed by atoms with Crippen LogP contribution in [0.25, 0.3) is 5.69 Å². The summed E-state index contributed by atoms with van der Waals surface area (Å²) in [5.41, 5.74) is 1.26. The Morgan fingerprint density at radius 3 is 2.57 bits per heavy atom. The van der Waals surface area contributed by atoms with Gasteiger partial charge < -0.3 is 4.90 Å². The van der Waals surface area contributed by atoms with Gasteiger partial charge in [0, 0.05) is 25.7 Å². The molecule has 2 aromatic rings. The van der Waals surface area contributed by atoms with Crippen molar-refractivity contribution in [2.75, 3.05) is 18.5 Å². The fourth-order valence-electron chi connectivity index (χ4n) is 2.08. The molecule has 0 aliphatic carbocycles. The highest BCUT2D eigenvalue weighted by atomic mass is 35.5. The Balaban J connectivity index is 2.42. The number of benzene rings is 1. The molecule has 0 aliphatic heterocycles. The Labute approximate surface area is 137 Å². The highest BCUT2D eigenvalue weighted by Gasteiger charge is 2.14. The second kappa shape index (κ2) is 6.62. The minimum Gasteiger partial charge on any atom is -0.368 e. The lowest BCUT2D eigenvalue weighted by Gasteiger charge is -2.20. The molecule has 0 spiro atoms. The fraction of sp³-hybridized carbons (Fsp3) is 0.200. The molecule has 0 amide bonds. The zero-order chi connectivity index (χ0) is 17.1. The highest BCUT2D eigenvalue weighted by molar-refractivity contribution is 6.33. The van der Waals surface area contributed by atoms with Crippen LogP contribution in [0, 0.1) is 10.1 Å². The predicted molar refractivity (Wildman–Crippen MR) is 89.6 cm³/mol. The molecule has 23 heavy (non-hydrogen) atoms. The van der Waals surface area contributed by atoms with Crippen LogP contribution >= 0.6 is 11.6 Å². The second-order valence-corrected chi connectivity index (χ2v) is 5.53. The number of nitro groups is 1. The summed E-state index contributed by atoms with van der Waals surface area (Å²) >= 11 is 6.16. The van der Waals surface area contributed by atoms with Crippen LogP contribution in [0.5, 0.6) is 0 Å². The molecule has 1 heterocycles. The van der Waals surface area contributed by atoms with Crippen LogP contribution < -0.4 is 10.5 Å². The quantitative estimate of drug-likeness (QED) is 0.477. The van der Waals surface area contributed by atoms with E-state index in [2.05, 4.69) is 11.7 Å². The van der Waals surface area contributed by atoms with Crippen LogP contribution in [0.3, 0.4) is 0 Å². The largest absolute Gasteiger partial charge is 0.368 e. The predicted octanol–water partition coefficient (Wildman–Crippen LogP) is 2.81. The maximum absolute atomic E-state index is 12.4.